The van der Waals surface area contributed by atoms with E-state index in [-0.39, 0.29) is 30.5 Å². The van der Waals surface area contributed by atoms with Gasteiger partial charge >= 0.3 is 0 Å². The predicted octanol–water partition coefficient (Wildman–Crippen LogP) is -0.367. The molecule has 1 heterocycles. The highest BCUT2D eigenvalue weighted by atomic mass is 16.2. The van der Waals surface area contributed by atoms with Crippen LogP contribution in [0.5, 0.6) is 0 Å². The van der Waals surface area contributed by atoms with E-state index in [1.54, 1.807) is 26.2 Å². The Hall–Kier alpha value is -2.39. The molecule has 0 aliphatic rings. The van der Waals surface area contributed by atoms with Crippen LogP contribution in [0.2, 0.25) is 0 Å². The van der Waals surface area contributed by atoms with Crippen LogP contribution in [0.25, 0.3) is 0 Å². The number of aliphatic hydroxyl groups excluding tert-OH is 1. The average molecular weight is 275 g/mol. The third-order valence-corrected chi connectivity index (χ3v) is 2.61. The average Bonchev–Trinajstić information content (AvgIpc) is 2.49. The van der Waals surface area contributed by atoms with Crippen LogP contribution in [-0.4, -0.2) is 54.1 Å². The van der Waals surface area contributed by atoms with Gasteiger partial charge in [-0.3, -0.25) is 9.59 Å². The summed E-state index contributed by atoms with van der Waals surface area (Å²) >= 11 is 0. The molecule has 0 atom stereocenters. The van der Waals surface area contributed by atoms with Gasteiger partial charge in [0.15, 0.2) is 0 Å². The lowest BCUT2D eigenvalue weighted by molar-refractivity contribution is -0.120. The molecule has 0 saturated heterocycles. The van der Waals surface area contributed by atoms with Crippen molar-refractivity contribution in [2.45, 2.75) is 6.42 Å². The number of nitrogens with one attached hydrogen (secondary N) is 1. The molecule has 2 N–H and O–H groups in total. The summed E-state index contributed by atoms with van der Waals surface area (Å²) in [6, 6.07) is 3.33. The van der Waals surface area contributed by atoms with Crippen LogP contribution in [0.3, 0.4) is 0 Å². The van der Waals surface area contributed by atoms with E-state index < -0.39 is 0 Å². The maximum atomic E-state index is 12.2. The Morgan fingerprint density at radius 1 is 1.50 bits per heavy atom. The zero-order chi connectivity index (χ0) is 15.0. The van der Waals surface area contributed by atoms with Gasteiger partial charge < -0.3 is 15.3 Å². The fourth-order valence-electron chi connectivity index (χ4n) is 1.49. The second-order valence-electron chi connectivity index (χ2n) is 4.01. The Labute approximate surface area is 117 Å². The highest BCUT2D eigenvalue weighted by molar-refractivity contribution is 5.94. The van der Waals surface area contributed by atoms with Crippen LogP contribution in [0.1, 0.15) is 22.5 Å². The molecular formula is C14H17N3O3. The normalized spacial score (nSPS) is 9.35. The Morgan fingerprint density at radius 2 is 2.25 bits per heavy atom. The fourth-order valence-corrected chi connectivity index (χ4v) is 1.49. The van der Waals surface area contributed by atoms with Crippen LogP contribution in [-0.2, 0) is 4.79 Å². The lowest BCUT2D eigenvalue weighted by Crippen LogP contribution is -2.32. The third kappa shape index (κ3) is 4.37. The lowest BCUT2D eigenvalue weighted by Gasteiger charge is -2.16. The van der Waals surface area contributed by atoms with E-state index in [1.807, 2.05) is 0 Å². The van der Waals surface area contributed by atoms with E-state index in [0.717, 1.165) is 0 Å². The van der Waals surface area contributed by atoms with Gasteiger partial charge in [-0.2, -0.15) is 0 Å². The highest BCUT2D eigenvalue weighted by Crippen LogP contribution is 2.07. The third-order valence-electron chi connectivity index (χ3n) is 2.61. The van der Waals surface area contributed by atoms with Gasteiger partial charge in [0.25, 0.3) is 5.91 Å². The van der Waals surface area contributed by atoms with Crippen LogP contribution >= 0.6 is 0 Å². The summed E-state index contributed by atoms with van der Waals surface area (Å²) in [4.78, 5) is 28.8. The molecule has 1 aromatic heterocycles. The molecule has 0 saturated carbocycles. The number of carbonyl (C=O) groups is 2. The minimum Gasteiger partial charge on any atom is -0.384 e. The lowest BCUT2D eigenvalue weighted by atomic mass is 10.1. The quantitative estimate of drug-likeness (QED) is 0.735. The number of amides is 2. The summed E-state index contributed by atoms with van der Waals surface area (Å²) in [5.74, 6) is 4.73. The Kier molecular flexibility index (Phi) is 6.20. The van der Waals surface area contributed by atoms with Gasteiger partial charge in [0, 0.05) is 33.3 Å². The Balaban J connectivity index is 2.83. The molecular weight excluding hydrogens is 258 g/mol. The number of pyridine rings is 1. The van der Waals surface area contributed by atoms with Crippen molar-refractivity contribution < 1.29 is 14.7 Å². The number of aliphatic hydroxyl groups is 1. The maximum absolute atomic E-state index is 12.2. The van der Waals surface area contributed by atoms with Gasteiger partial charge in [0.1, 0.15) is 12.3 Å². The molecule has 2 amide bonds. The first kappa shape index (κ1) is 15.7. The molecule has 20 heavy (non-hydrogen) atoms. The zero-order valence-electron chi connectivity index (χ0n) is 11.5. The van der Waals surface area contributed by atoms with Crippen LogP contribution < -0.4 is 5.32 Å². The molecule has 1 aromatic rings. The van der Waals surface area contributed by atoms with Gasteiger partial charge in [-0.1, -0.05) is 11.8 Å². The monoisotopic (exact) mass is 275 g/mol. The molecule has 6 nitrogen and oxygen atoms in total. The van der Waals surface area contributed by atoms with Crippen LogP contribution in [0.15, 0.2) is 18.3 Å². The number of rotatable bonds is 4. The fraction of sp³-hybridized carbons (Fsp3) is 0.357. The van der Waals surface area contributed by atoms with Crippen molar-refractivity contribution in [2.75, 3.05) is 27.2 Å². The molecule has 106 valence electrons. The topological polar surface area (TPSA) is 82.5 Å². The first-order chi connectivity index (χ1) is 9.60. The number of hydrogen-bond donors (Lipinski definition) is 2. The first-order valence-electron chi connectivity index (χ1n) is 6.11. The van der Waals surface area contributed by atoms with Gasteiger partial charge in [-0.25, -0.2) is 4.98 Å². The molecule has 0 fully saturated rings. The van der Waals surface area contributed by atoms with Crippen molar-refractivity contribution in [1.82, 2.24) is 15.2 Å². The molecule has 1 rings (SSSR count). The van der Waals surface area contributed by atoms with E-state index in [1.165, 1.54) is 11.1 Å². The molecule has 0 bridgehead atoms. The molecule has 0 spiro atoms. The summed E-state index contributed by atoms with van der Waals surface area (Å²) in [5.41, 5.74) is 0.672. The van der Waals surface area contributed by atoms with Gasteiger partial charge in [0.2, 0.25) is 5.91 Å². The van der Waals surface area contributed by atoms with E-state index in [9.17, 15) is 9.59 Å². The number of nitrogens with zero attached hydrogens (tertiary/aromatic N) is 2. The van der Waals surface area contributed by atoms with E-state index >= 15 is 0 Å². The van der Waals surface area contributed by atoms with Crippen molar-refractivity contribution in [3.05, 3.63) is 29.6 Å². The predicted molar refractivity (Wildman–Crippen MR) is 73.8 cm³/mol. The minimum absolute atomic E-state index is 0.133. The Bertz CT molecular complexity index is 546. The van der Waals surface area contributed by atoms with Crippen LogP contribution in [0.4, 0.5) is 0 Å². The molecule has 0 radical (unpaired) electrons. The van der Waals surface area contributed by atoms with E-state index in [2.05, 4.69) is 22.1 Å². The van der Waals surface area contributed by atoms with Crippen molar-refractivity contribution in [3.63, 3.8) is 0 Å². The maximum Gasteiger partial charge on any atom is 0.273 e. The van der Waals surface area contributed by atoms with Gasteiger partial charge in [0.05, 0.1) is 5.56 Å². The summed E-state index contributed by atoms with van der Waals surface area (Å²) in [7, 11) is 3.15. The number of aromatic nitrogens is 1. The first-order valence-corrected chi connectivity index (χ1v) is 6.11. The largest absolute Gasteiger partial charge is 0.384 e. The number of carbonyl (C=O) groups excluding carboxylic acids is 2. The van der Waals surface area contributed by atoms with Crippen molar-refractivity contribution in [2.24, 2.45) is 0 Å². The van der Waals surface area contributed by atoms with E-state index in [0.29, 0.717) is 12.1 Å². The smallest absolute Gasteiger partial charge is 0.273 e. The zero-order valence-corrected chi connectivity index (χ0v) is 11.5. The highest BCUT2D eigenvalue weighted by Gasteiger charge is 2.16. The molecule has 0 unspecified atom stereocenters. The SMILES string of the molecule is CNC(=O)CCN(C)C(=O)c1ncccc1C#CCO. The van der Waals surface area contributed by atoms with Gasteiger partial charge in [-0.05, 0) is 12.1 Å². The van der Waals surface area contributed by atoms with Crippen molar-refractivity contribution in [1.29, 1.82) is 0 Å². The second kappa shape index (κ2) is 7.92. The van der Waals surface area contributed by atoms with Crippen molar-refractivity contribution in [3.8, 4) is 11.8 Å². The molecule has 0 aliphatic carbocycles. The van der Waals surface area contributed by atoms with Gasteiger partial charge in [-0.15, -0.1) is 0 Å². The number of hydrogen-bond acceptors (Lipinski definition) is 4. The summed E-state index contributed by atoms with van der Waals surface area (Å²) in [6.45, 7) is 0.0109. The summed E-state index contributed by atoms with van der Waals surface area (Å²) in [5, 5.41) is 11.2. The molecule has 0 aliphatic heterocycles. The molecule has 6 heteroatoms. The van der Waals surface area contributed by atoms with Crippen LogP contribution in [0, 0.1) is 11.8 Å². The Morgan fingerprint density at radius 3 is 2.90 bits per heavy atom. The summed E-state index contributed by atoms with van der Waals surface area (Å²) < 4.78 is 0. The standard InChI is InChI=1S/C14H17N3O3/c1-15-12(19)7-9-17(2)14(20)13-11(6-4-10-18)5-3-8-16-13/h3,5,8,18H,7,9-10H2,1-2H3,(H,15,19). The van der Waals surface area contributed by atoms with E-state index in [4.69, 9.17) is 5.11 Å². The van der Waals surface area contributed by atoms with Crippen molar-refractivity contribution >= 4 is 11.8 Å². The minimum atomic E-state index is -0.309. The second-order valence-corrected chi connectivity index (χ2v) is 4.01. The molecule has 0 aromatic carbocycles. The summed E-state index contributed by atoms with van der Waals surface area (Å²) in [6.07, 6.45) is 1.73.